The van der Waals surface area contributed by atoms with E-state index < -0.39 is 0 Å². The molecule has 4 nitrogen and oxygen atoms in total. The first kappa shape index (κ1) is 10.9. The van der Waals surface area contributed by atoms with E-state index in [1.54, 1.807) is 12.4 Å². The molecule has 0 bridgehead atoms. The highest BCUT2D eigenvalue weighted by Gasteiger charge is 2.10. The Labute approximate surface area is 85.2 Å². The molecule has 0 spiro atoms. The van der Waals surface area contributed by atoms with Gasteiger partial charge in [-0.05, 0) is 20.8 Å². The Morgan fingerprint density at radius 3 is 2.29 bits per heavy atom. The van der Waals surface area contributed by atoms with E-state index in [2.05, 4.69) is 35.6 Å². The van der Waals surface area contributed by atoms with Crippen molar-refractivity contribution in [2.45, 2.75) is 33.4 Å². The largest absolute Gasteiger partial charge is 0.339 e. The maximum atomic E-state index is 5.47. The van der Waals surface area contributed by atoms with Gasteiger partial charge in [0.15, 0.2) is 0 Å². The minimum Gasteiger partial charge on any atom is -0.339 e. The molecule has 0 radical (unpaired) electrons. The molecule has 2 N–H and O–H groups in total. The lowest BCUT2D eigenvalue weighted by Crippen LogP contribution is -2.31. The molecular weight excluding hydrogens is 176 g/mol. The quantitative estimate of drug-likeness (QED) is 0.781. The Hall–Kier alpha value is -1.16. The van der Waals surface area contributed by atoms with Crippen molar-refractivity contribution in [2.75, 3.05) is 11.4 Å². The maximum absolute atomic E-state index is 5.47. The third kappa shape index (κ3) is 2.42. The summed E-state index contributed by atoms with van der Waals surface area (Å²) in [6.45, 7) is 7.77. The van der Waals surface area contributed by atoms with Crippen LogP contribution in [0.4, 0.5) is 5.95 Å². The fourth-order valence-corrected chi connectivity index (χ4v) is 1.34. The molecule has 0 unspecified atom stereocenters. The van der Waals surface area contributed by atoms with Crippen LogP contribution in [0, 0.1) is 0 Å². The summed E-state index contributed by atoms with van der Waals surface area (Å²) in [6, 6.07) is 0.420. The molecule has 0 atom stereocenters. The first-order chi connectivity index (χ1) is 6.69. The van der Waals surface area contributed by atoms with E-state index in [0.29, 0.717) is 12.6 Å². The number of hydrogen-bond acceptors (Lipinski definition) is 4. The van der Waals surface area contributed by atoms with Crippen LogP contribution in [0.15, 0.2) is 12.4 Å². The van der Waals surface area contributed by atoms with Crippen molar-refractivity contribution in [2.24, 2.45) is 5.73 Å². The summed E-state index contributed by atoms with van der Waals surface area (Å²) in [7, 11) is 0. The van der Waals surface area contributed by atoms with E-state index in [4.69, 9.17) is 5.73 Å². The molecule has 1 aromatic heterocycles. The van der Waals surface area contributed by atoms with Crippen LogP contribution < -0.4 is 10.6 Å². The van der Waals surface area contributed by atoms with Gasteiger partial charge in [-0.25, -0.2) is 9.97 Å². The molecule has 78 valence electrons. The smallest absolute Gasteiger partial charge is 0.225 e. The lowest BCUT2D eigenvalue weighted by Gasteiger charge is -2.24. The van der Waals surface area contributed by atoms with Crippen LogP contribution in [-0.4, -0.2) is 22.6 Å². The van der Waals surface area contributed by atoms with Gasteiger partial charge in [-0.2, -0.15) is 0 Å². The van der Waals surface area contributed by atoms with Gasteiger partial charge in [0, 0.05) is 37.1 Å². The van der Waals surface area contributed by atoms with Crippen molar-refractivity contribution in [3.8, 4) is 0 Å². The van der Waals surface area contributed by atoms with Crippen molar-refractivity contribution in [3.05, 3.63) is 18.0 Å². The zero-order chi connectivity index (χ0) is 10.6. The highest BCUT2D eigenvalue weighted by Crippen LogP contribution is 2.09. The summed E-state index contributed by atoms with van der Waals surface area (Å²) in [5.41, 5.74) is 6.44. The monoisotopic (exact) mass is 194 g/mol. The van der Waals surface area contributed by atoms with Crippen LogP contribution in [0.1, 0.15) is 26.3 Å². The Balaban J connectivity index is 2.84. The molecule has 0 saturated carbocycles. The predicted octanol–water partition coefficient (Wildman–Crippen LogP) is 1.17. The molecule has 1 aromatic rings. The second-order valence-corrected chi connectivity index (χ2v) is 3.48. The van der Waals surface area contributed by atoms with E-state index in [1.165, 1.54) is 0 Å². The highest BCUT2D eigenvalue weighted by molar-refractivity contribution is 5.30. The molecule has 0 aliphatic carbocycles. The Morgan fingerprint density at radius 1 is 1.36 bits per heavy atom. The van der Waals surface area contributed by atoms with Crippen LogP contribution in [0.3, 0.4) is 0 Å². The zero-order valence-electron chi connectivity index (χ0n) is 9.07. The Bertz CT molecular complexity index is 268. The minimum atomic E-state index is 0.420. The molecule has 0 aromatic carbocycles. The SMILES string of the molecule is CCN(c1ncc(CN)cn1)C(C)C. The van der Waals surface area contributed by atoms with Crippen molar-refractivity contribution >= 4 is 5.95 Å². The van der Waals surface area contributed by atoms with E-state index in [1.807, 2.05) is 0 Å². The molecule has 4 heteroatoms. The van der Waals surface area contributed by atoms with Crippen molar-refractivity contribution in [1.29, 1.82) is 0 Å². The topological polar surface area (TPSA) is 55.0 Å². The molecule has 0 saturated heterocycles. The standard InChI is InChI=1S/C10H18N4/c1-4-14(8(2)3)10-12-6-9(5-11)7-13-10/h6-8H,4-5,11H2,1-3H3. The fourth-order valence-electron chi connectivity index (χ4n) is 1.34. The van der Waals surface area contributed by atoms with Gasteiger partial charge in [0.25, 0.3) is 0 Å². The van der Waals surface area contributed by atoms with Gasteiger partial charge in [-0.1, -0.05) is 0 Å². The number of anilines is 1. The van der Waals surface area contributed by atoms with Crippen molar-refractivity contribution < 1.29 is 0 Å². The van der Waals surface area contributed by atoms with E-state index in [9.17, 15) is 0 Å². The molecule has 0 amide bonds. The molecule has 1 rings (SSSR count). The minimum absolute atomic E-state index is 0.420. The third-order valence-corrected chi connectivity index (χ3v) is 2.15. The van der Waals surface area contributed by atoms with Gasteiger partial charge >= 0.3 is 0 Å². The van der Waals surface area contributed by atoms with E-state index >= 15 is 0 Å². The summed E-state index contributed by atoms with van der Waals surface area (Å²) in [5, 5.41) is 0. The first-order valence-electron chi connectivity index (χ1n) is 4.96. The van der Waals surface area contributed by atoms with E-state index in [-0.39, 0.29) is 0 Å². The number of nitrogens with two attached hydrogens (primary N) is 1. The van der Waals surface area contributed by atoms with Gasteiger partial charge in [0.2, 0.25) is 5.95 Å². The molecule has 0 fully saturated rings. The van der Waals surface area contributed by atoms with Gasteiger partial charge < -0.3 is 10.6 Å². The van der Waals surface area contributed by atoms with Crippen molar-refractivity contribution in [1.82, 2.24) is 9.97 Å². The molecule has 1 heterocycles. The number of nitrogens with zero attached hydrogens (tertiary/aromatic N) is 3. The van der Waals surface area contributed by atoms with Crippen LogP contribution in [0.25, 0.3) is 0 Å². The molecule has 0 aliphatic rings. The lowest BCUT2D eigenvalue weighted by molar-refractivity contribution is 0.679. The summed E-state index contributed by atoms with van der Waals surface area (Å²) in [5.74, 6) is 0.778. The second kappa shape index (κ2) is 4.91. The second-order valence-electron chi connectivity index (χ2n) is 3.48. The maximum Gasteiger partial charge on any atom is 0.225 e. The summed E-state index contributed by atoms with van der Waals surface area (Å²) >= 11 is 0. The van der Waals surface area contributed by atoms with E-state index in [0.717, 1.165) is 18.1 Å². The van der Waals surface area contributed by atoms with Crippen molar-refractivity contribution in [3.63, 3.8) is 0 Å². The van der Waals surface area contributed by atoms with Gasteiger partial charge in [-0.3, -0.25) is 0 Å². The Kier molecular flexibility index (Phi) is 3.83. The van der Waals surface area contributed by atoms with Crippen LogP contribution in [0.2, 0.25) is 0 Å². The average Bonchev–Trinajstić information content (AvgIpc) is 2.19. The van der Waals surface area contributed by atoms with Gasteiger partial charge in [0.1, 0.15) is 0 Å². The fraction of sp³-hybridized carbons (Fsp3) is 0.600. The molecule has 14 heavy (non-hydrogen) atoms. The summed E-state index contributed by atoms with van der Waals surface area (Å²) in [4.78, 5) is 10.7. The average molecular weight is 194 g/mol. The molecular formula is C10H18N4. The predicted molar refractivity (Wildman–Crippen MR) is 58.1 cm³/mol. The lowest BCUT2D eigenvalue weighted by atomic mass is 10.3. The van der Waals surface area contributed by atoms with Gasteiger partial charge in [0.05, 0.1) is 0 Å². The number of hydrogen-bond donors (Lipinski definition) is 1. The number of rotatable bonds is 4. The summed E-state index contributed by atoms with van der Waals surface area (Å²) < 4.78 is 0. The number of aromatic nitrogens is 2. The zero-order valence-corrected chi connectivity index (χ0v) is 9.07. The first-order valence-corrected chi connectivity index (χ1v) is 4.96. The summed E-state index contributed by atoms with van der Waals surface area (Å²) in [6.07, 6.45) is 3.57. The van der Waals surface area contributed by atoms with Crippen LogP contribution >= 0.6 is 0 Å². The normalized spacial score (nSPS) is 10.6. The molecule has 0 aliphatic heterocycles. The highest BCUT2D eigenvalue weighted by atomic mass is 15.3. The van der Waals surface area contributed by atoms with Gasteiger partial charge in [-0.15, -0.1) is 0 Å². The third-order valence-electron chi connectivity index (χ3n) is 2.15. The Morgan fingerprint density at radius 2 is 1.93 bits per heavy atom. The van der Waals surface area contributed by atoms with Crippen LogP contribution in [-0.2, 0) is 6.54 Å². The van der Waals surface area contributed by atoms with Crippen LogP contribution in [0.5, 0.6) is 0 Å².